The molecule has 1 aromatic rings. The van der Waals surface area contributed by atoms with Crippen LogP contribution in [0.5, 0.6) is 5.75 Å². The lowest BCUT2D eigenvalue weighted by atomic mass is 9.95. The maximum absolute atomic E-state index is 12.6. The van der Waals surface area contributed by atoms with Gasteiger partial charge in [-0.1, -0.05) is 25.5 Å². The Hall–Kier alpha value is -2.08. The minimum Gasteiger partial charge on any atom is -0.494 e. The molecule has 1 aliphatic heterocycles. The SMILES string of the molecule is CCCCOc1cccc(C2NC(=S)NC(C)=C2C(=O)OC(C)C)c1. The van der Waals surface area contributed by atoms with Crippen molar-refractivity contribution in [1.29, 1.82) is 0 Å². The molecule has 2 rings (SSSR count). The predicted octanol–water partition coefficient (Wildman–Crippen LogP) is 3.61. The number of rotatable bonds is 7. The van der Waals surface area contributed by atoms with E-state index in [4.69, 9.17) is 21.7 Å². The van der Waals surface area contributed by atoms with Crippen LogP contribution in [-0.4, -0.2) is 23.8 Å². The molecule has 136 valence electrons. The third-order valence-electron chi connectivity index (χ3n) is 3.79. The molecule has 2 N–H and O–H groups in total. The van der Waals surface area contributed by atoms with Crippen LogP contribution < -0.4 is 15.4 Å². The van der Waals surface area contributed by atoms with E-state index in [0.717, 1.165) is 24.2 Å². The molecule has 0 saturated carbocycles. The lowest BCUT2D eigenvalue weighted by molar-refractivity contribution is -0.143. The van der Waals surface area contributed by atoms with Crippen molar-refractivity contribution in [3.8, 4) is 5.75 Å². The van der Waals surface area contributed by atoms with E-state index in [0.29, 0.717) is 23.0 Å². The van der Waals surface area contributed by atoms with Crippen LogP contribution in [0.1, 0.15) is 52.1 Å². The molecule has 1 heterocycles. The number of nitrogens with one attached hydrogen (secondary N) is 2. The summed E-state index contributed by atoms with van der Waals surface area (Å²) in [5.74, 6) is 0.434. The first kappa shape index (κ1) is 19.2. The molecule has 6 heteroatoms. The van der Waals surface area contributed by atoms with Crippen LogP contribution in [0.4, 0.5) is 0 Å². The van der Waals surface area contributed by atoms with Crippen LogP contribution in [0.25, 0.3) is 0 Å². The zero-order chi connectivity index (χ0) is 18.4. The standard InChI is InChI=1S/C19H26N2O3S/c1-5-6-10-23-15-9-7-8-14(11-15)17-16(18(22)24-12(2)3)13(4)20-19(25)21-17/h7-9,11-12,17H,5-6,10H2,1-4H3,(H2,20,21,25). The fourth-order valence-corrected chi connectivity index (χ4v) is 2.88. The van der Waals surface area contributed by atoms with Gasteiger partial charge in [-0.25, -0.2) is 4.79 Å². The van der Waals surface area contributed by atoms with Crippen LogP contribution in [0, 0.1) is 0 Å². The number of unbranched alkanes of at least 4 members (excludes halogenated alkanes) is 1. The summed E-state index contributed by atoms with van der Waals surface area (Å²) in [5.41, 5.74) is 2.15. The third-order valence-corrected chi connectivity index (χ3v) is 4.01. The lowest BCUT2D eigenvalue weighted by Gasteiger charge is -2.30. The molecule has 1 aliphatic rings. The molecule has 1 atom stereocenters. The maximum atomic E-state index is 12.6. The van der Waals surface area contributed by atoms with Crippen LogP contribution in [0.3, 0.4) is 0 Å². The first-order chi connectivity index (χ1) is 11.9. The summed E-state index contributed by atoms with van der Waals surface area (Å²) in [6.07, 6.45) is 1.90. The molecule has 1 aromatic carbocycles. The number of hydrogen-bond acceptors (Lipinski definition) is 4. The van der Waals surface area contributed by atoms with E-state index in [-0.39, 0.29) is 18.1 Å². The number of carbonyl (C=O) groups excluding carboxylic acids is 1. The van der Waals surface area contributed by atoms with Crippen molar-refractivity contribution in [3.63, 3.8) is 0 Å². The quantitative estimate of drug-likeness (QED) is 0.439. The second kappa shape index (κ2) is 8.85. The van der Waals surface area contributed by atoms with E-state index >= 15 is 0 Å². The molecule has 0 saturated heterocycles. The zero-order valence-corrected chi connectivity index (χ0v) is 16.0. The number of benzene rings is 1. The summed E-state index contributed by atoms with van der Waals surface area (Å²) in [4.78, 5) is 12.6. The van der Waals surface area contributed by atoms with Crippen LogP contribution in [-0.2, 0) is 9.53 Å². The molecule has 0 radical (unpaired) electrons. The second-order valence-electron chi connectivity index (χ2n) is 6.30. The highest BCUT2D eigenvalue weighted by Crippen LogP contribution is 2.30. The van der Waals surface area contributed by atoms with E-state index in [2.05, 4.69) is 17.6 Å². The summed E-state index contributed by atoms with van der Waals surface area (Å²) in [5, 5.41) is 6.66. The molecular formula is C19H26N2O3S. The Balaban J connectivity index is 2.30. The van der Waals surface area contributed by atoms with Gasteiger partial charge in [0.25, 0.3) is 0 Å². The van der Waals surface area contributed by atoms with Crippen LogP contribution in [0.2, 0.25) is 0 Å². The van der Waals surface area contributed by atoms with E-state index in [9.17, 15) is 4.79 Å². The van der Waals surface area contributed by atoms with Gasteiger partial charge < -0.3 is 20.1 Å². The topological polar surface area (TPSA) is 59.6 Å². The number of esters is 1. The number of carbonyl (C=O) groups is 1. The molecule has 5 nitrogen and oxygen atoms in total. The summed E-state index contributed by atoms with van der Waals surface area (Å²) in [7, 11) is 0. The molecular weight excluding hydrogens is 336 g/mol. The lowest BCUT2D eigenvalue weighted by Crippen LogP contribution is -2.45. The maximum Gasteiger partial charge on any atom is 0.338 e. The van der Waals surface area contributed by atoms with Gasteiger partial charge in [-0.3, -0.25) is 0 Å². The predicted molar refractivity (Wildman–Crippen MR) is 102 cm³/mol. The Kier molecular flexibility index (Phi) is 6.82. The van der Waals surface area contributed by atoms with Gasteiger partial charge in [0.2, 0.25) is 0 Å². The Morgan fingerprint density at radius 2 is 2.12 bits per heavy atom. The van der Waals surface area contributed by atoms with Crippen LogP contribution >= 0.6 is 12.2 Å². The van der Waals surface area contributed by atoms with Crippen molar-refractivity contribution in [2.24, 2.45) is 0 Å². The van der Waals surface area contributed by atoms with Crippen LogP contribution in [0.15, 0.2) is 35.5 Å². The first-order valence-electron chi connectivity index (χ1n) is 8.64. The Morgan fingerprint density at radius 3 is 2.80 bits per heavy atom. The van der Waals surface area contributed by atoms with Crippen molar-refractivity contribution < 1.29 is 14.3 Å². The van der Waals surface area contributed by atoms with Gasteiger partial charge in [-0.15, -0.1) is 0 Å². The fraction of sp³-hybridized carbons (Fsp3) is 0.474. The van der Waals surface area contributed by atoms with Gasteiger partial charge in [0, 0.05) is 5.70 Å². The van der Waals surface area contributed by atoms with E-state index in [1.54, 1.807) is 0 Å². The summed E-state index contributed by atoms with van der Waals surface area (Å²) >= 11 is 5.27. The molecule has 0 aliphatic carbocycles. The zero-order valence-electron chi connectivity index (χ0n) is 15.2. The van der Waals surface area contributed by atoms with Gasteiger partial charge in [0.1, 0.15) is 5.75 Å². The molecule has 0 spiro atoms. The second-order valence-corrected chi connectivity index (χ2v) is 6.71. The van der Waals surface area contributed by atoms with E-state index in [1.165, 1.54) is 0 Å². The number of hydrogen-bond donors (Lipinski definition) is 2. The molecule has 0 fully saturated rings. The van der Waals surface area contributed by atoms with Gasteiger partial charge >= 0.3 is 5.97 Å². The van der Waals surface area contributed by atoms with Crippen molar-refractivity contribution in [2.45, 2.75) is 52.7 Å². The van der Waals surface area contributed by atoms with Crippen molar-refractivity contribution in [1.82, 2.24) is 10.6 Å². The largest absolute Gasteiger partial charge is 0.494 e. The first-order valence-corrected chi connectivity index (χ1v) is 9.05. The monoisotopic (exact) mass is 362 g/mol. The van der Waals surface area contributed by atoms with Gasteiger partial charge in [0.15, 0.2) is 5.11 Å². The summed E-state index contributed by atoms with van der Waals surface area (Å²) in [6.45, 7) is 8.30. The number of thiocarbonyl (C=S) groups is 1. The highest BCUT2D eigenvalue weighted by atomic mass is 32.1. The summed E-state index contributed by atoms with van der Waals surface area (Å²) < 4.78 is 11.2. The van der Waals surface area contributed by atoms with Gasteiger partial charge in [-0.05, 0) is 57.1 Å². The highest BCUT2D eigenvalue weighted by Gasteiger charge is 2.31. The van der Waals surface area contributed by atoms with Crippen molar-refractivity contribution in [3.05, 3.63) is 41.1 Å². The smallest absolute Gasteiger partial charge is 0.338 e. The fourth-order valence-electron chi connectivity index (χ4n) is 2.61. The molecule has 0 amide bonds. The average Bonchev–Trinajstić information content (AvgIpc) is 2.54. The Bertz CT molecular complexity index is 670. The number of allylic oxidation sites excluding steroid dienone is 1. The Morgan fingerprint density at radius 1 is 1.36 bits per heavy atom. The van der Waals surface area contributed by atoms with Crippen molar-refractivity contribution >= 4 is 23.3 Å². The average molecular weight is 362 g/mol. The molecule has 25 heavy (non-hydrogen) atoms. The third kappa shape index (κ3) is 5.19. The highest BCUT2D eigenvalue weighted by molar-refractivity contribution is 7.80. The van der Waals surface area contributed by atoms with Gasteiger partial charge in [-0.2, -0.15) is 0 Å². The van der Waals surface area contributed by atoms with E-state index < -0.39 is 0 Å². The minimum absolute atomic E-state index is 0.189. The molecule has 1 unspecified atom stereocenters. The Labute approximate surface area is 154 Å². The minimum atomic E-state index is -0.366. The van der Waals surface area contributed by atoms with Gasteiger partial charge in [0.05, 0.1) is 24.3 Å². The molecule has 0 bridgehead atoms. The normalized spacial score (nSPS) is 17.2. The number of ether oxygens (including phenoxy) is 2. The van der Waals surface area contributed by atoms with E-state index in [1.807, 2.05) is 45.0 Å². The van der Waals surface area contributed by atoms with Crippen molar-refractivity contribution in [2.75, 3.05) is 6.61 Å². The molecule has 0 aromatic heterocycles. The summed E-state index contributed by atoms with van der Waals surface area (Å²) in [6, 6.07) is 7.37.